The van der Waals surface area contributed by atoms with Crippen molar-refractivity contribution in [1.82, 2.24) is 9.80 Å². The van der Waals surface area contributed by atoms with Crippen molar-refractivity contribution in [3.8, 4) is 0 Å². The first-order chi connectivity index (χ1) is 8.46. The first-order valence-electron chi connectivity index (χ1n) is 6.87. The molecule has 1 fully saturated rings. The van der Waals surface area contributed by atoms with Crippen LogP contribution < -0.4 is 0 Å². The topological polar surface area (TPSA) is 35.9 Å². The van der Waals surface area contributed by atoms with Crippen LogP contribution in [-0.4, -0.2) is 72.5 Å². The lowest BCUT2D eigenvalue weighted by atomic mass is 10.1. The predicted octanol–water partition coefficient (Wildman–Crippen LogP) is 0.966. The smallest absolute Gasteiger partial charge is 0.0900 e. The fourth-order valence-corrected chi connectivity index (χ4v) is 2.01. The second-order valence-electron chi connectivity index (χ2n) is 5.51. The van der Waals surface area contributed by atoms with Gasteiger partial charge in [0, 0.05) is 32.7 Å². The van der Waals surface area contributed by atoms with Crippen LogP contribution in [-0.2, 0) is 4.74 Å². The van der Waals surface area contributed by atoms with Crippen molar-refractivity contribution in [1.29, 1.82) is 0 Å². The largest absolute Gasteiger partial charge is 0.389 e. The maximum absolute atomic E-state index is 9.97. The van der Waals surface area contributed by atoms with Gasteiger partial charge in [-0.2, -0.15) is 0 Å². The summed E-state index contributed by atoms with van der Waals surface area (Å²) in [6.07, 6.45) is 1.34. The molecule has 0 bridgehead atoms. The molecule has 0 aromatic rings. The minimum atomic E-state index is -0.419. The first kappa shape index (κ1) is 15.6. The SMILES string of the molecule is C=CC(C)(C)OC[C@H](O)CN1CCN(CC)CC1. The van der Waals surface area contributed by atoms with E-state index < -0.39 is 6.10 Å². The number of hydrogen-bond donors (Lipinski definition) is 1. The van der Waals surface area contributed by atoms with Crippen LogP contribution >= 0.6 is 0 Å². The Bertz CT molecular complexity index is 248. The van der Waals surface area contributed by atoms with Crippen LogP contribution in [0.5, 0.6) is 0 Å². The summed E-state index contributed by atoms with van der Waals surface area (Å²) in [7, 11) is 0. The van der Waals surface area contributed by atoms with E-state index in [1.807, 2.05) is 13.8 Å². The van der Waals surface area contributed by atoms with Gasteiger partial charge in [0.1, 0.15) is 0 Å². The first-order valence-corrected chi connectivity index (χ1v) is 6.87. The number of piperazine rings is 1. The zero-order chi connectivity index (χ0) is 13.6. The minimum absolute atomic E-state index is 0.359. The average molecular weight is 256 g/mol. The molecular weight excluding hydrogens is 228 g/mol. The van der Waals surface area contributed by atoms with Crippen molar-refractivity contribution >= 4 is 0 Å². The van der Waals surface area contributed by atoms with Crippen LogP contribution in [0.4, 0.5) is 0 Å². The lowest BCUT2D eigenvalue weighted by Gasteiger charge is -2.35. The summed E-state index contributed by atoms with van der Waals surface area (Å²) in [6.45, 7) is 16.3. The molecule has 106 valence electrons. The fourth-order valence-electron chi connectivity index (χ4n) is 2.01. The lowest BCUT2D eigenvalue weighted by molar-refractivity contribution is -0.0448. The second-order valence-corrected chi connectivity index (χ2v) is 5.51. The molecule has 0 saturated carbocycles. The van der Waals surface area contributed by atoms with Gasteiger partial charge in [0.15, 0.2) is 0 Å². The maximum Gasteiger partial charge on any atom is 0.0900 e. The van der Waals surface area contributed by atoms with E-state index in [9.17, 15) is 5.11 Å². The highest BCUT2D eigenvalue weighted by Crippen LogP contribution is 2.11. The third-order valence-corrected chi connectivity index (χ3v) is 3.52. The standard InChI is InChI=1S/C14H28N2O2/c1-5-14(3,4)18-12-13(17)11-16-9-7-15(6-2)8-10-16/h5,13,17H,1,6-12H2,2-4H3/t13-/m1/s1. The van der Waals surface area contributed by atoms with Gasteiger partial charge in [-0.3, -0.25) is 4.90 Å². The molecule has 18 heavy (non-hydrogen) atoms. The fraction of sp³-hybridized carbons (Fsp3) is 0.857. The number of rotatable bonds is 7. The Morgan fingerprint density at radius 1 is 1.28 bits per heavy atom. The number of aliphatic hydroxyl groups excluding tert-OH is 1. The number of β-amino-alcohol motifs (C(OH)–C–C–N with tert-alkyl or cyclic N) is 1. The van der Waals surface area contributed by atoms with E-state index >= 15 is 0 Å². The van der Waals surface area contributed by atoms with Crippen LogP contribution in [0, 0.1) is 0 Å². The zero-order valence-electron chi connectivity index (χ0n) is 12.1. The summed E-state index contributed by atoms with van der Waals surface area (Å²) in [4.78, 5) is 4.74. The monoisotopic (exact) mass is 256 g/mol. The molecule has 4 heteroatoms. The van der Waals surface area contributed by atoms with Gasteiger partial charge >= 0.3 is 0 Å². The quantitative estimate of drug-likeness (QED) is 0.689. The van der Waals surface area contributed by atoms with Crippen molar-refractivity contribution in [3.63, 3.8) is 0 Å². The number of likely N-dealkylation sites (N-methyl/N-ethyl adjacent to an activating group) is 1. The van der Waals surface area contributed by atoms with Gasteiger partial charge in [0.2, 0.25) is 0 Å². The Balaban J connectivity index is 2.21. The Morgan fingerprint density at radius 3 is 2.33 bits per heavy atom. The predicted molar refractivity (Wildman–Crippen MR) is 74.8 cm³/mol. The summed E-state index contributed by atoms with van der Waals surface area (Å²) in [6, 6.07) is 0. The molecule has 0 unspecified atom stereocenters. The molecule has 1 aliphatic heterocycles. The van der Waals surface area contributed by atoms with Gasteiger partial charge in [-0.15, -0.1) is 6.58 Å². The molecule has 0 spiro atoms. The van der Waals surface area contributed by atoms with Crippen LogP contribution in [0.25, 0.3) is 0 Å². The molecule has 0 aliphatic carbocycles. The van der Waals surface area contributed by atoms with E-state index in [1.165, 1.54) is 0 Å². The lowest BCUT2D eigenvalue weighted by Crippen LogP contribution is -2.49. The molecule has 1 rings (SSSR count). The van der Waals surface area contributed by atoms with Gasteiger partial charge in [0.25, 0.3) is 0 Å². The molecular formula is C14H28N2O2. The van der Waals surface area contributed by atoms with Gasteiger partial charge in [0.05, 0.1) is 18.3 Å². The number of nitrogens with zero attached hydrogens (tertiary/aromatic N) is 2. The maximum atomic E-state index is 9.97. The molecule has 0 amide bonds. The third-order valence-electron chi connectivity index (χ3n) is 3.52. The number of ether oxygens (including phenoxy) is 1. The van der Waals surface area contributed by atoms with Gasteiger partial charge in [-0.1, -0.05) is 13.0 Å². The van der Waals surface area contributed by atoms with E-state index in [-0.39, 0.29) is 5.60 Å². The molecule has 1 atom stereocenters. The molecule has 4 nitrogen and oxygen atoms in total. The van der Waals surface area contributed by atoms with Crippen LogP contribution in [0.15, 0.2) is 12.7 Å². The highest BCUT2D eigenvalue weighted by molar-refractivity contribution is 4.89. The van der Waals surface area contributed by atoms with Crippen molar-refractivity contribution < 1.29 is 9.84 Å². The molecule has 1 aliphatic rings. The summed E-state index contributed by atoms with van der Waals surface area (Å²) in [5, 5.41) is 9.97. The summed E-state index contributed by atoms with van der Waals surface area (Å²) >= 11 is 0. The highest BCUT2D eigenvalue weighted by atomic mass is 16.5. The molecule has 0 radical (unpaired) electrons. The van der Waals surface area contributed by atoms with E-state index in [4.69, 9.17) is 4.74 Å². The Hall–Kier alpha value is -0.420. The molecule has 1 heterocycles. The normalized spacial score (nSPS) is 20.9. The van der Waals surface area contributed by atoms with Gasteiger partial charge in [-0.05, 0) is 20.4 Å². The Morgan fingerprint density at radius 2 is 1.83 bits per heavy atom. The number of hydrogen-bond acceptors (Lipinski definition) is 4. The van der Waals surface area contributed by atoms with Crippen LogP contribution in [0.1, 0.15) is 20.8 Å². The molecule has 0 aromatic heterocycles. The Labute approximate surface area is 111 Å². The summed E-state index contributed by atoms with van der Waals surface area (Å²) < 4.78 is 5.62. The van der Waals surface area contributed by atoms with Gasteiger partial charge < -0.3 is 14.7 Å². The third kappa shape index (κ3) is 5.48. The summed E-state index contributed by atoms with van der Waals surface area (Å²) in [5.74, 6) is 0. The van der Waals surface area contributed by atoms with Crippen molar-refractivity contribution in [2.75, 3.05) is 45.9 Å². The molecule has 1 saturated heterocycles. The van der Waals surface area contributed by atoms with Crippen molar-refractivity contribution in [3.05, 3.63) is 12.7 Å². The van der Waals surface area contributed by atoms with Crippen molar-refractivity contribution in [2.24, 2.45) is 0 Å². The zero-order valence-corrected chi connectivity index (χ0v) is 12.1. The second kappa shape index (κ2) is 7.24. The highest BCUT2D eigenvalue weighted by Gasteiger charge is 2.20. The van der Waals surface area contributed by atoms with E-state index in [0.717, 1.165) is 32.7 Å². The molecule has 0 aromatic carbocycles. The summed E-state index contributed by atoms with van der Waals surface area (Å²) in [5.41, 5.74) is -0.359. The Kier molecular flexibility index (Phi) is 6.29. The van der Waals surface area contributed by atoms with Crippen LogP contribution in [0.3, 0.4) is 0 Å². The number of aliphatic hydroxyl groups is 1. The molecule has 1 N–H and O–H groups in total. The average Bonchev–Trinajstić information content (AvgIpc) is 2.37. The van der Waals surface area contributed by atoms with E-state index in [1.54, 1.807) is 6.08 Å². The van der Waals surface area contributed by atoms with E-state index in [2.05, 4.69) is 23.3 Å². The van der Waals surface area contributed by atoms with Crippen LogP contribution in [0.2, 0.25) is 0 Å². The van der Waals surface area contributed by atoms with Gasteiger partial charge in [-0.25, -0.2) is 0 Å². The minimum Gasteiger partial charge on any atom is -0.389 e. The van der Waals surface area contributed by atoms with E-state index in [0.29, 0.717) is 13.2 Å². The van der Waals surface area contributed by atoms with Crippen molar-refractivity contribution in [2.45, 2.75) is 32.5 Å².